The highest BCUT2D eigenvalue weighted by molar-refractivity contribution is 9.11. The second kappa shape index (κ2) is 5.68. The van der Waals surface area contributed by atoms with Gasteiger partial charge in [-0.15, -0.1) is 11.3 Å². The molecular formula is C10H6BrClN2O4S2. The molecule has 2 aromatic rings. The van der Waals surface area contributed by atoms with Gasteiger partial charge in [0.1, 0.15) is 15.6 Å². The molecule has 0 bridgehead atoms. The number of hydrogen-bond donors (Lipinski definition) is 2. The number of aromatic nitrogens is 1. The number of pyridine rings is 1. The highest BCUT2D eigenvalue weighted by atomic mass is 79.9. The van der Waals surface area contributed by atoms with Gasteiger partial charge in [-0.1, -0.05) is 11.6 Å². The molecule has 2 N–H and O–H groups in total. The molecule has 10 heteroatoms. The number of nitrogens with zero attached hydrogens (tertiary/aromatic N) is 1. The summed E-state index contributed by atoms with van der Waals surface area (Å²) in [5, 5.41) is 9.23. The number of carbonyl (C=O) groups is 1. The Balaban J connectivity index is 2.35. The van der Waals surface area contributed by atoms with Gasteiger partial charge in [-0.25, -0.2) is 18.2 Å². The van der Waals surface area contributed by atoms with Crippen LogP contribution >= 0.6 is 38.9 Å². The zero-order valence-corrected chi connectivity index (χ0v) is 13.5. The topological polar surface area (TPSA) is 96.4 Å². The molecule has 0 saturated carbocycles. The van der Waals surface area contributed by atoms with Crippen LogP contribution in [0.25, 0.3) is 0 Å². The van der Waals surface area contributed by atoms with Crippen LogP contribution in [0.15, 0.2) is 33.1 Å². The summed E-state index contributed by atoms with van der Waals surface area (Å²) >= 11 is 9.51. The lowest BCUT2D eigenvalue weighted by molar-refractivity contribution is 0.0702. The van der Waals surface area contributed by atoms with Crippen molar-refractivity contribution in [1.29, 1.82) is 0 Å². The van der Waals surface area contributed by atoms with E-state index in [9.17, 15) is 13.2 Å². The van der Waals surface area contributed by atoms with E-state index in [1.807, 2.05) is 0 Å². The Labute approximate surface area is 131 Å². The van der Waals surface area contributed by atoms with Crippen LogP contribution in [0, 0.1) is 0 Å². The first-order valence-corrected chi connectivity index (χ1v) is 8.43. The van der Waals surface area contributed by atoms with Gasteiger partial charge in [0.25, 0.3) is 10.0 Å². The summed E-state index contributed by atoms with van der Waals surface area (Å²) in [7, 11) is -3.92. The molecule has 0 radical (unpaired) electrons. The normalized spacial score (nSPS) is 11.3. The number of aromatic carboxylic acids is 1. The molecule has 0 aliphatic carbocycles. The third-order valence-electron chi connectivity index (χ3n) is 2.12. The van der Waals surface area contributed by atoms with Crippen LogP contribution in [0.5, 0.6) is 0 Å². The summed E-state index contributed by atoms with van der Waals surface area (Å²) < 4.78 is 26.7. The zero-order chi connectivity index (χ0) is 14.9. The fourth-order valence-corrected chi connectivity index (χ4v) is 4.79. The van der Waals surface area contributed by atoms with E-state index in [0.29, 0.717) is 5.02 Å². The number of anilines is 1. The van der Waals surface area contributed by atoms with Gasteiger partial charge in [0, 0.05) is 6.20 Å². The minimum atomic E-state index is -3.92. The van der Waals surface area contributed by atoms with Crippen molar-refractivity contribution in [1.82, 2.24) is 4.98 Å². The molecule has 0 fully saturated rings. The Morgan fingerprint density at radius 1 is 1.45 bits per heavy atom. The average molecular weight is 398 g/mol. The van der Waals surface area contributed by atoms with Crippen molar-refractivity contribution in [2.75, 3.05) is 4.72 Å². The summed E-state index contributed by atoms with van der Waals surface area (Å²) in [6.07, 6.45) is 1.30. The maximum absolute atomic E-state index is 12.1. The molecule has 0 aromatic carbocycles. The Hall–Kier alpha value is -1.16. The molecule has 0 saturated heterocycles. The molecule has 0 spiro atoms. The van der Waals surface area contributed by atoms with E-state index in [-0.39, 0.29) is 19.4 Å². The highest BCUT2D eigenvalue weighted by Gasteiger charge is 2.23. The number of thiophene rings is 1. The molecule has 0 aliphatic rings. The van der Waals surface area contributed by atoms with Crippen molar-refractivity contribution in [2.45, 2.75) is 4.90 Å². The van der Waals surface area contributed by atoms with E-state index in [1.54, 1.807) is 0 Å². The van der Waals surface area contributed by atoms with Crippen molar-refractivity contribution < 1.29 is 18.3 Å². The van der Waals surface area contributed by atoms with Gasteiger partial charge in [0.2, 0.25) is 0 Å². The largest absolute Gasteiger partial charge is 0.477 e. The maximum Gasteiger partial charge on any atom is 0.345 e. The highest BCUT2D eigenvalue weighted by Crippen LogP contribution is 2.32. The van der Waals surface area contributed by atoms with Gasteiger partial charge in [-0.3, -0.25) is 4.72 Å². The molecule has 2 heterocycles. The number of hydrogen-bond acceptors (Lipinski definition) is 5. The van der Waals surface area contributed by atoms with E-state index in [2.05, 4.69) is 25.6 Å². The van der Waals surface area contributed by atoms with Crippen molar-refractivity contribution in [3.63, 3.8) is 0 Å². The van der Waals surface area contributed by atoms with Crippen LogP contribution in [-0.4, -0.2) is 24.5 Å². The first-order chi connectivity index (χ1) is 9.29. The van der Waals surface area contributed by atoms with Crippen LogP contribution in [0.4, 0.5) is 5.82 Å². The summed E-state index contributed by atoms with van der Waals surface area (Å²) in [5.74, 6) is -1.11. The second-order valence-electron chi connectivity index (χ2n) is 3.52. The van der Waals surface area contributed by atoms with Crippen LogP contribution in [0.2, 0.25) is 5.02 Å². The number of rotatable bonds is 4. The van der Waals surface area contributed by atoms with E-state index in [0.717, 1.165) is 17.4 Å². The van der Waals surface area contributed by atoms with Gasteiger partial charge in [0.05, 0.1) is 8.81 Å². The molecular weight excluding hydrogens is 392 g/mol. The number of halogens is 2. The standard InChI is InChI=1S/C10H6BrClN2O4S2/c11-9-7(3-6(19-9)10(15)16)20(17,18)14-8-2-1-5(12)4-13-8/h1-4H,(H,13,14)(H,15,16). The first-order valence-electron chi connectivity index (χ1n) is 4.96. The predicted molar refractivity (Wildman–Crippen MR) is 79.0 cm³/mol. The summed E-state index contributed by atoms with van der Waals surface area (Å²) in [5.41, 5.74) is 0. The van der Waals surface area contributed by atoms with Crippen LogP contribution < -0.4 is 4.72 Å². The summed E-state index contributed by atoms with van der Waals surface area (Å²) in [4.78, 5) is 14.4. The zero-order valence-electron chi connectivity index (χ0n) is 9.50. The van der Waals surface area contributed by atoms with Gasteiger partial charge >= 0.3 is 5.97 Å². The molecule has 2 aromatic heterocycles. The molecule has 20 heavy (non-hydrogen) atoms. The van der Waals surface area contributed by atoms with Gasteiger partial charge in [0.15, 0.2) is 0 Å². The molecule has 106 valence electrons. The fourth-order valence-electron chi connectivity index (χ4n) is 1.27. The van der Waals surface area contributed by atoms with E-state index in [4.69, 9.17) is 16.7 Å². The minimum Gasteiger partial charge on any atom is -0.477 e. The SMILES string of the molecule is O=C(O)c1cc(S(=O)(=O)Nc2ccc(Cl)cn2)c(Br)s1. The third kappa shape index (κ3) is 3.29. The quantitative estimate of drug-likeness (QED) is 0.826. The number of sulfonamides is 1. The fraction of sp³-hybridized carbons (Fsp3) is 0. The predicted octanol–water partition coefficient (Wildman–Crippen LogP) is 3.06. The van der Waals surface area contributed by atoms with E-state index >= 15 is 0 Å². The number of nitrogens with one attached hydrogen (secondary N) is 1. The van der Waals surface area contributed by atoms with Gasteiger partial charge in [-0.2, -0.15) is 0 Å². The molecule has 0 aliphatic heterocycles. The van der Waals surface area contributed by atoms with Crippen LogP contribution in [-0.2, 0) is 10.0 Å². The Morgan fingerprint density at radius 2 is 2.15 bits per heavy atom. The van der Waals surface area contributed by atoms with Crippen LogP contribution in [0.3, 0.4) is 0 Å². The monoisotopic (exact) mass is 396 g/mol. The maximum atomic E-state index is 12.1. The van der Waals surface area contributed by atoms with Crippen molar-refractivity contribution in [3.8, 4) is 0 Å². The van der Waals surface area contributed by atoms with Gasteiger partial charge in [-0.05, 0) is 34.1 Å². The van der Waals surface area contributed by atoms with Crippen molar-refractivity contribution >= 4 is 60.7 Å². The Bertz CT molecular complexity index is 758. The number of carboxylic acids is 1. The van der Waals surface area contributed by atoms with E-state index < -0.39 is 16.0 Å². The third-order valence-corrected chi connectivity index (χ3v) is 5.94. The molecule has 6 nitrogen and oxygen atoms in total. The first kappa shape index (κ1) is 15.2. The lowest BCUT2D eigenvalue weighted by atomic mass is 10.5. The molecule has 0 atom stereocenters. The smallest absolute Gasteiger partial charge is 0.345 e. The van der Waals surface area contributed by atoms with Crippen LogP contribution in [0.1, 0.15) is 9.67 Å². The summed E-state index contributed by atoms with van der Waals surface area (Å²) in [6.45, 7) is 0. The molecule has 0 unspecified atom stereocenters. The minimum absolute atomic E-state index is 0.0821. The molecule has 2 rings (SSSR count). The Kier molecular flexibility index (Phi) is 4.33. The summed E-state index contributed by atoms with van der Waals surface area (Å²) in [6, 6.07) is 3.96. The average Bonchev–Trinajstić information content (AvgIpc) is 2.75. The van der Waals surface area contributed by atoms with Crippen molar-refractivity contribution in [3.05, 3.63) is 38.1 Å². The van der Waals surface area contributed by atoms with Gasteiger partial charge < -0.3 is 5.11 Å². The van der Waals surface area contributed by atoms with E-state index in [1.165, 1.54) is 18.3 Å². The second-order valence-corrected chi connectivity index (χ2v) is 7.98. The lowest BCUT2D eigenvalue weighted by Gasteiger charge is -2.05. The van der Waals surface area contributed by atoms with Crippen molar-refractivity contribution in [2.24, 2.45) is 0 Å². The number of carboxylic acid groups (broad SMARTS) is 1. The Morgan fingerprint density at radius 3 is 2.65 bits per heavy atom. The lowest BCUT2D eigenvalue weighted by Crippen LogP contribution is -2.13. The molecule has 0 amide bonds.